The molecule has 0 aliphatic carbocycles. The summed E-state index contributed by atoms with van der Waals surface area (Å²) in [6.45, 7) is 3.18. The smallest absolute Gasteiger partial charge is 0.222 e. The zero-order chi connectivity index (χ0) is 15.8. The molecule has 1 aromatic carbocycles. The van der Waals surface area contributed by atoms with E-state index in [0.717, 1.165) is 19.5 Å². The van der Waals surface area contributed by atoms with E-state index in [-0.39, 0.29) is 5.91 Å². The fraction of sp³-hybridized carbons (Fsp3) is 0.588. The SMILES string of the molecule is COc1ccccc1OCCN(C)C(=O)CCC1CCNC1. The Hall–Kier alpha value is -1.75. The lowest BCUT2D eigenvalue weighted by Gasteiger charge is -2.19. The van der Waals surface area contributed by atoms with E-state index < -0.39 is 0 Å². The Morgan fingerprint density at radius 3 is 2.82 bits per heavy atom. The van der Waals surface area contributed by atoms with Gasteiger partial charge in [0.25, 0.3) is 0 Å². The van der Waals surface area contributed by atoms with E-state index in [1.807, 2.05) is 31.3 Å². The zero-order valence-electron chi connectivity index (χ0n) is 13.5. The van der Waals surface area contributed by atoms with Crippen LogP contribution in [0.4, 0.5) is 0 Å². The maximum absolute atomic E-state index is 12.1. The summed E-state index contributed by atoms with van der Waals surface area (Å²) in [5.74, 6) is 2.27. The predicted molar refractivity (Wildman–Crippen MR) is 86.3 cm³/mol. The van der Waals surface area contributed by atoms with Gasteiger partial charge in [-0.2, -0.15) is 0 Å². The van der Waals surface area contributed by atoms with Crippen molar-refractivity contribution in [1.29, 1.82) is 0 Å². The van der Waals surface area contributed by atoms with Gasteiger partial charge < -0.3 is 19.7 Å². The molecular formula is C17H26N2O3. The number of ether oxygens (including phenoxy) is 2. The average Bonchev–Trinajstić information content (AvgIpc) is 3.06. The van der Waals surface area contributed by atoms with E-state index in [4.69, 9.17) is 9.47 Å². The summed E-state index contributed by atoms with van der Waals surface area (Å²) in [5.41, 5.74) is 0. The van der Waals surface area contributed by atoms with Crippen LogP contribution >= 0.6 is 0 Å². The maximum Gasteiger partial charge on any atom is 0.222 e. The minimum Gasteiger partial charge on any atom is -0.493 e. The van der Waals surface area contributed by atoms with Crippen molar-refractivity contribution in [2.75, 3.05) is 40.4 Å². The van der Waals surface area contributed by atoms with Gasteiger partial charge in [0.1, 0.15) is 6.61 Å². The summed E-state index contributed by atoms with van der Waals surface area (Å²) in [6, 6.07) is 7.54. The first-order valence-corrected chi connectivity index (χ1v) is 7.91. The monoisotopic (exact) mass is 306 g/mol. The number of carbonyl (C=O) groups is 1. The lowest BCUT2D eigenvalue weighted by atomic mass is 10.0. The Kier molecular flexibility index (Phi) is 6.52. The Balaban J connectivity index is 1.68. The average molecular weight is 306 g/mol. The topological polar surface area (TPSA) is 50.8 Å². The van der Waals surface area contributed by atoms with Crippen molar-refractivity contribution in [3.8, 4) is 11.5 Å². The van der Waals surface area contributed by atoms with Gasteiger partial charge in [-0.05, 0) is 44.0 Å². The molecule has 1 aromatic rings. The molecule has 0 radical (unpaired) electrons. The first kappa shape index (κ1) is 16.6. The number of para-hydroxylation sites is 2. The normalized spacial score (nSPS) is 17.3. The molecule has 0 aromatic heterocycles. The van der Waals surface area contributed by atoms with Crippen molar-refractivity contribution >= 4 is 5.91 Å². The summed E-state index contributed by atoms with van der Waals surface area (Å²) in [4.78, 5) is 13.8. The predicted octanol–water partition coefficient (Wildman–Crippen LogP) is 1.92. The summed E-state index contributed by atoms with van der Waals surface area (Å²) >= 11 is 0. The van der Waals surface area contributed by atoms with Crippen molar-refractivity contribution in [2.24, 2.45) is 5.92 Å². The second-order valence-electron chi connectivity index (χ2n) is 5.71. The molecule has 122 valence electrons. The van der Waals surface area contributed by atoms with Crippen LogP contribution in [0.15, 0.2) is 24.3 Å². The highest BCUT2D eigenvalue weighted by Crippen LogP contribution is 2.25. The number of benzene rings is 1. The van der Waals surface area contributed by atoms with Crippen molar-refractivity contribution in [2.45, 2.75) is 19.3 Å². The molecule has 5 heteroatoms. The molecule has 1 N–H and O–H groups in total. The van der Waals surface area contributed by atoms with Gasteiger partial charge in [-0.25, -0.2) is 0 Å². The molecule has 0 saturated carbocycles. The molecule has 0 bridgehead atoms. The van der Waals surface area contributed by atoms with E-state index in [1.165, 1.54) is 6.42 Å². The van der Waals surface area contributed by atoms with Gasteiger partial charge in [0.2, 0.25) is 5.91 Å². The highest BCUT2D eigenvalue weighted by Gasteiger charge is 2.17. The van der Waals surface area contributed by atoms with Crippen LogP contribution < -0.4 is 14.8 Å². The third kappa shape index (κ3) is 4.91. The van der Waals surface area contributed by atoms with E-state index in [2.05, 4.69) is 5.32 Å². The van der Waals surface area contributed by atoms with Crippen molar-refractivity contribution in [3.05, 3.63) is 24.3 Å². The molecule has 1 aliphatic heterocycles. The van der Waals surface area contributed by atoms with Crippen LogP contribution in [-0.2, 0) is 4.79 Å². The largest absolute Gasteiger partial charge is 0.493 e. The molecule has 1 atom stereocenters. The number of rotatable bonds is 8. The summed E-state index contributed by atoms with van der Waals surface area (Å²) in [7, 11) is 3.45. The van der Waals surface area contributed by atoms with Gasteiger partial charge >= 0.3 is 0 Å². The lowest BCUT2D eigenvalue weighted by molar-refractivity contribution is -0.130. The van der Waals surface area contributed by atoms with E-state index in [1.54, 1.807) is 12.0 Å². The number of nitrogens with one attached hydrogen (secondary N) is 1. The van der Waals surface area contributed by atoms with Crippen LogP contribution in [0.2, 0.25) is 0 Å². The third-order valence-corrected chi connectivity index (χ3v) is 4.11. The second kappa shape index (κ2) is 8.63. The van der Waals surface area contributed by atoms with Crippen LogP contribution in [0.3, 0.4) is 0 Å². The number of methoxy groups -OCH3 is 1. The highest BCUT2D eigenvalue weighted by molar-refractivity contribution is 5.75. The molecule has 22 heavy (non-hydrogen) atoms. The van der Waals surface area contributed by atoms with Gasteiger partial charge in [-0.1, -0.05) is 12.1 Å². The molecular weight excluding hydrogens is 280 g/mol. The van der Waals surface area contributed by atoms with E-state index >= 15 is 0 Å². The van der Waals surface area contributed by atoms with Crippen molar-refractivity contribution < 1.29 is 14.3 Å². The molecule has 1 unspecified atom stereocenters. The Bertz CT molecular complexity index is 473. The fourth-order valence-corrected chi connectivity index (χ4v) is 2.63. The number of carbonyl (C=O) groups excluding carboxylic acids is 1. The van der Waals surface area contributed by atoms with Crippen LogP contribution in [-0.4, -0.2) is 51.2 Å². The van der Waals surface area contributed by atoms with Crippen LogP contribution in [0, 0.1) is 5.92 Å². The van der Waals surface area contributed by atoms with Gasteiger partial charge in [0, 0.05) is 13.5 Å². The molecule has 1 amide bonds. The Morgan fingerprint density at radius 2 is 2.14 bits per heavy atom. The molecule has 1 aliphatic rings. The molecule has 1 saturated heterocycles. The van der Waals surface area contributed by atoms with Crippen molar-refractivity contribution in [1.82, 2.24) is 10.2 Å². The fourth-order valence-electron chi connectivity index (χ4n) is 2.63. The number of amides is 1. The van der Waals surface area contributed by atoms with E-state index in [0.29, 0.717) is 37.0 Å². The molecule has 1 fully saturated rings. The van der Waals surface area contributed by atoms with Crippen LogP contribution in [0.5, 0.6) is 11.5 Å². The van der Waals surface area contributed by atoms with Crippen molar-refractivity contribution in [3.63, 3.8) is 0 Å². The zero-order valence-corrected chi connectivity index (χ0v) is 13.5. The number of hydrogen-bond acceptors (Lipinski definition) is 4. The van der Waals surface area contributed by atoms with Gasteiger partial charge in [-0.3, -0.25) is 4.79 Å². The maximum atomic E-state index is 12.1. The Morgan fingerprint density at radius 1 is 1.36 bits per heavy atom. The summed E-state index contributed by atoms with van der Waals surface area (Å²) in [5, 5.41) is 3.33. The lowest BCUT2D eigenvalue weighted by Crippen LogP contribution is -2.31. The highest BCUT2D eigenvalue weighted by atomic mass is 16.5. The number of nitrogens with zero attached hydrogens (tertiary/aromatic N) is 1. The van der Waals surface area contributed by atoms with E-state index in [9.17, 15) is 4.79 Å². The number of likely N-dealkylation sites (N-methyl/N-ethyl adjacent to an activating group) is 1. The molecule has 2 rings (SSSR count). The molecule has 0 spiro atoms. The number of hydrogen-bond donors (Lipinski definition) is 1. The summed E-state index contributed by atoms with van der Waals surface area (Å²) in [6.07, 6.45) is 2.79. The third-order valence-electron chi connectivity index (χ3n) is 4.11. The minimum absolute atomic E-state index is 0.190. The molecule has 1 heterocycles. The van der Waals surface area contributed by atoms with Gasteiger partial charge in [-0.15, -0.1) is 0 Å². The molecule has 5 nitrogen and oxygen atoms in total. The quantitative estimate of drug-likeness (QED) is 0.797. The first-order valence-electron chi connectivity index (χ1n) is 7.91. The standard InChI is InChI=1S/C17H26N2O3/c1-19(17(20)8-7-14-9-10-18-13-14)11-12-22-16-6-4-3-5-15(16)21-2/h3-6,14,18H,7-13H2,1-2H3. The Labute approximate surface area is 132 Å². The second-order valence-corrected chi connectivity index (χ2v) is 5.71. The van der Waals surface area contributed by atoms with Crippen LogP contribution in [0.1, 0.15) is 19.3 Å². The minimum atomic E-state index is 0.190. The van der Waals surface area contributed by atoms with Crippen LogP contribution in [0.25, 0.3) is 0 Å². The van der Waals surface area contributed by atoms with Gasteiger partial charge in [0.15, 0.2) is 11.5 Å². The van der Waals surface area contributed by atoms with Gasteiger partial charge in [0.05, 0.1) is 13.7 Å². The first-order chi connectivity index (χ1) is 10.7. The summed E-state index contributed by atoms with van der Waals surface area (Å²) < 4.78 is 10.9.